The number of anilines is 1. The largest absolute Gasteiger partial charge is 0.382 e. The second-order valence-corrected chi connectivity index (χ2v) is 6.45. The maximum atomic E-state index is 13.9. The van der Waals surface area contributed by atoms with Crippen molar-refractivity contribution in [1.29, 1.82) is 0 Å². The molecule has 0 aliphatic carbocycles. The first kappa shape index (κ1) is 17.8. The molecule has 0 spiro atoms. The molecule has 2 aromatic rings. The standard InChI is InChI=1S/C19H20FN3O3/c20-17-11-16(23(25)26)6-7-18(17)21-12-15-10-19(24)22(13-15)9-8-14-4-2-1-3-5-14/h1-7,11,15,21H,8-10,12-13H2. The molecule has 7 heteroatoms. The van der Waals surface area contributed by atoms with Crippen LogP contribution < -0.4 is 5.32 Å². The highest BCUT2D eigenvalue weighted by Gasteiger charge is 2.29. The van der Waals surface area contributed by atoms with Crippen LogP contribution in [-0.2, 0) is 11.2 Å². The second-order valence-electron chi connectivity index (χ2n) is 6.45. The van der Waals surface area contributed by atoms with E-state index in [0.717, 1.165) is 12.5 Å². The molecule has 1 aliphatic heterocycles. The zero-order chi connectivity index (χ0) is 18.5. The molecule has 1 atom stereocenters. The smallest absolute Gasteiger partial charge is 0.272 e. The molecule has 26 heavy (non-hydrogen) atoms. The topological polar surface area (TPSA) is 75.5 Å². The molecule has 1 saturated heterocycles. The monoisotopic (exact) mass is 357 g/mol. The van der Waals surface area contributed by atoms with Gasteiger partial charge in [-0.1, -0.05) is 30.3 Å². The number of carbonyl (C=O) groups is 1. The van der Waals surface area contributed by atoms with E-state index in [0.29, 0.717) is 26.1 Å². The van der Waals surface area contributed by atoms with Gasteiger partial charge in [-0.3, -0.25) is 14.9 Å². The van der Waals surface area contributed by atoms with Gasteiger partial charge in [0.05, 0.1) is 16.7 Å². The predicted molar refractivity (Wildman–Crippen MR) is 96.4 cm³/mol. The molecule has 0 saturated carbocycles. The molecule has 1 amide bonds. The van der Waals surface area contributed by atoms with Crippen LogP contribution in [0, 0.1) is 21.8 Å². The van der Waals surface area contributed by atoms with E-state index >= 15 is 0 Å². The fourth-order valence-corrected chi connectivity index (χ4v) is 3.13. The van der Waals surface area contributed by atoms with Gasteiger partial charge in [-0.05, 0) is 18.1 Å². The number of nitro groups is 1. The van der Waals surface area contributed by atoms with Gasteiger partial charge in [0.25, 0.3) is 5.69 Å². The van der Waals surface area contributed by atoms with Crippen molar-refractivity contribution in [2.45, 2.75) is 12.8 Å². The molecular weight excluding hydrogens is 337 g/mol. The van der Waals surface area contributed by atoms with E-state index < -0.39 is 10.7 Å². The summed E-state index contributed by atoms with van der Waals surface area (Å²) < 4.78 is 13.9. The quantitative estimate of drug-likeness (QED) is 0.610. The van der Waals surface area contributed by atoms with Gasteiger partial charge in [0.2, 0.25) is 5.91 Å². The van der Waals surface area contributed by atoms with E-state index in [2.05, 4.69) is 5.32 Å². The third-order valence-corrected chi connectivity index (χ3v) is 4.55. The fraction of sp³-hybridized carbons (Fsp3) is 0.316. The van der Waals surface area contributed by atoms with Crippen LogP contribution >= 0.6 is 0 Å². The summed E-state index contributed by atoms with van der Waals surface area (Å²) in [4.78, 5) is 24.0. The van der Waals surface area contributed by atoms with Gasteiger partial charge >= 0.3 is 0 Å². The molecule has 1 N–H and O–H groups in total. The van der Waals surface area contributed by atoms with E-state index in [4.69, 9.17) is 0 Å². The summed E-state index contributed by atoms with van der Waals surface area (Å²) in [6, 6.07) is 13.5. The number of benzene rings is 2. The van der Waals surface area contributed by atoms with Crippen LogP contribution in [0.1, 0.15) is 12.0 Å². The number of rotatable bonds is 7. The lowest BCUT2D eigenvalue weighted by Gasteiger charge is -2.17. The number of halogens is 1. The minimum atomic E-state index is -0.663. The van der Waals surface area contributed by atoms with Crippen LogP contribution in [0.3, 0.4) is 0 Å². The van der Waals surface area contributed by atoms with Crippen LogP contribution in [0.2, 0.25) is 0 Å². The molecule has 1 aliphatic rings. The van der Waals surface area contributed by atoms with E-state index in [-0.39, 0.29) is 23.2 Å². The van der Waals surface area contributed by atoms with Crippen molar-refractivity contribution in [3.8, 4) is 0 Å². The lowest BCUT2D eigenvalue weighted by atomic mass is 10.1. The van der Waals surface area contributed by atoms with E-state index in [1.54, 1.807) is 0 Å². The van der Waals surface area contributed by atoms with Crippen LogP contribution in [0.25, 0.3) is 0 Å². The number of nitro benzene ring substituents is 1. The molecule has 136 valence electrons. The number of hydrogen-bond acceptors (Lipinski definition) is 4. The van der Waals surface area contributed by atoms with Gasteiger partial charge in [-0.25, -0.2) is 4.39 Å². The summed E-state index contributed by atoms with van der Waals surface area (Å²) in [5, 5.41) is 13.6. The second kappa shape index (κ2) is 7.95. The number of amides is 1. The first-order valence-electron chi connectivity index (χ1n) is 8.52. The van der Waals surface area contributed by atoms with Crippen molar-refractivity contribution in [3.63, 3.8) is 0 Å². The summed E-state index contributed by atoms with van der Waals surface area (Å²) in [7, 11) is 0. The highest BCUT2D eigenvalue weighted by molar-refractivity contribution is 5.78. The van der Waals surface area contributed by atoms with Gasteiger partial charge in [-0.15, -0.1) is 0 Å². The molecule has 0 bridgehead atoms. The molecule has 1 heterocycles. The number of hydrogen-bond donors (Lipinski definition) is 1. The maximum Gasteiger partial charge on any atom is 0.272 e. The first-order valence-corrected chi connectivity index (χ1v) is 8.52. The number of carbonyl (C=O) groups excluding carboxylic acids is 1. The third kappa shape index (κ3) is 4.36. The average Bonchev–Trinajstić information content (AvgIpc) is 2.99. The number of likely N-dealkylation sites (tertiary alicyclic amines) is 1. The summed E-state index contributed by atoms with van der Waals surface area (Å²) >= 11 is 0. The number of nitrogens with one attached hydrogen (secondary N) is 1. The van der Waals surface area contributed by atoms with E-state index in [1.807, 2.05) is 35.2 Å². The Morgan fingerprint density at radius 3 is 2.69 bits per heavy atom. The SMILES string of the molecule is O=C1CC(CNc2ccc([N+](=O)[O-])cc2F)CN1CCc1ccccc1. The molecule has 0 aromatic heterocycles. The summed E-state index contributed by atoms with van der Waals surface area (Å²) in [5.41, 5.74) is 1.12. The van der Waals surface area contributed by atoms with Crippen LogP contribution in [0.15, 0.2) is 48.5 Å². The Bertz CT molecular complexity index is 798. The lowest BCUT2D eigenvalue weighted by Crippen LogP contribution is -2.28. The van der Waals surface area contributed by atoms with Crippen LogP contribution in [0.5, 0.6) is 0 Å². The Hall–Kier alpha value is -2.96. The van der Waals surface area contributed by atoms with Gasteiger partial charge in [-0.2, -0.15) is 0 Å². The Morgan fingerprint density at radius 1 is 1.23 bits per heavy atom. The molecule has 0 radical (unpaired) electrons. The van der Waals surface area contributed by atoms with Crippen molar-refractivity contribution >= 4 is 17.3 Å². The number of non-ortho nitro benzene ring substituents is 1. The summed E-state index contributed by atoms with van der Waals surface area (Å²) in [6.45, 7) is 1.75. The zero-order valence-electron chi connectivity index (χ0n) is 14.2. The normalized spacial score (nSPS) is 16.7. The zero-order valence-corrected chi connectivity index (χ0v) is 14.2. The van der Waals surface area contributed by atoms with Crippen molar-refractivity contribution in [2.24, 2.45) is 5.92 Å². The van der Waals surface area contributed by atoms with Gasteiger partial charge in [0.1, 0.15) is 0 Å². The molecule has 1 unspecified atom stereocenters. The van der Waals surface area contributed by atoms with Crippen LogP contribution in [0.4, 0.5) is 15.8 Å². The Morgan fingerprint density at radius 2 is 2.00 bits per heavy atom. The van der Waals surface area contributed by atoms with Crippen molar-refractivity contribution in [1.82, 2.24) is 4.90 Å². The molecule has 6 nitrogen and oxygen atoms in total. The molecular formula is C19H20FN3O3. The minimum Gasteiger partial charge on any atom is -0.382 e. The minimum absolute atomic E-state index is 0.0906. The highest BCUT2D eigenvalue weighted by Crippen LogP contribution is 2.23. The Labute approximate surface area is 150 Å². The first-order chi connectivity index (χ1) is 12.5. The highest BCUT2D eigenvalue weighted by atomic mass is 19.1. The van der Waals surface area contributed by atoms with Crippen molar-refractivity contribution < 1.29 is 14.1 Å². The average molecular weight is 357 g/mol. The predicted octanol–water partition coefficient (Wildman–Crippen LogP) is 3.24. The summed E-state index contributed by atoms with van der Waals surface area (Å²) in [6.07, 6.45) is 1.24. The van der Waals surface area contributed by atoms with Crippen molar-refractivity contribution in [3.05, 3.63) is 70.0 Å². The molecule has 2 aromatic carbocycles. The Kier molecular flexibility index (Phi) is 5.46. The van der Waals surface area contributed by atoms with Crippen molar-refractivity contribution in [2.75, 3.05) is 25.0 Å². The van der Waals surface area contributed by atoms with Gasteiger partial charge < -0.3 is 10.2 Å². The third-order valence-electron chi connectivity index (χ3n) is 4.55. The van der Waals surface area contributed by atoms with Crippen LogP contribution in [-0.4, -0.2) is 35.4 Å². The summed E-state index contributed by atoms with van der Waals surface area (Å²) in [5.74, 6) is -0.464. The van der Waals surface area contributed by atoms with Gasteiger partial charge in [0, 0.05) is 38.0 Å². The lowest BCUT2D eigenvalue weighted by molar-refractivity contribution is -0.385. The van der Waals surface area contributed by atoms with Gasteiger partial charge in [0.15, 0.2) is 5.82 Å². The number of nitrogens with zero attached hydrogens (tertiary/aromatic N) is 2. The molecule has 1 fully saturated rings. The fourth-order valence-electron chi connectivity index (χ4n) is 3.13. The van der Waals surface area contributed by atoms with E-state index in [1.165, 1.54) is 17.7 Å². The Balaban J connectivity index is 1.50. The maximum absolute atomic E-state index is 13.9. The van der Waals surface area contributed by atoms with E-state index in [9.17, 15) is 19.3 Å². The molecule has 3 rings (SSSR count).